The maximum absolute atomic E-state index is 10.1. The van der Waals surface area contributed by atoms with Gasteiger partial charge in [-0.05, 0) is 16.8 Å². The van der Waals surface area contributed by atoms with Crippen molar-refractivity contribution in [2.75, 3.05) is 5.43 Å². The molecular formula is C19H13ClN4O. The molecule has 0 radical (unpaired) electrons. The number of phenols is 1. The molecule has 4 rings (SSSR count). The first-order valence-corrected chi connectivity index (χ1v) is 8.02. The number of hydrazone groups is 1. The van der Waals surface area contributed by atoms with E-state index in [1.54, 1.807) is 12.3 Å². The molecule has 1 heterocycles. The fraction of sp³-hybridized carbons (Fsp3) is 0. The predicted octanol–water partition coefficient (Wildman–Crippen LogP) is 4.59. The second-order valence-corrected chi connectivity index (χ2v) is 5.83. The molecule has 1 aromatic heterocycles. The van der Waals surface area contributed by atoms with E-state index in [0.717, 1.165) is 21.5 Å². The van der Waals surface area contributed by atoms with E-state index in [2.05, 4.69) is 20.7 Å². The molecule has 0 saturated heterocycles. The summed E-state index contributed by atoms with van der Waals surface area (Å²) in [5, 5.41) is 26.3. The van der Waals surface area contributed by atoms with E-state index in [0.29, 0.717) is 16.5 Å². The van der Waals surface area contributed by atoms with Crippen LogP contribution in [-0.2, 0) is 0 Å². The van der Waals surface area contributed by atoms with Crippen molar-refractivity contribution in [2.24, 2.45) is 5.10 Å². The van der Waals surface area contributed by atoms with Crippen molar-refractivity contribution in [2.45, 2.75) is 0 Å². The highest BCUT2D eigenvalue weighted by Crippen LogP contribution is 2.27. The number of halogens is 1. The van der Waals surface area contributed by atoms with Crippen LogP contribution in [-0.4, -0.2) is 21.5 Å². The van der Waals surface area contributed by atoms with Crippen LogP contribution in [0.3, 0.4) is 0 Å². The number of nitrogens with zero attached hydrogens (tertiary/aromatic N) is 3. The first-order valence-electron chi connectivity index (χ1n) is 7.65. The summed E-state index contributed by atoms with van der Waals surface area (Å²) in [5.41, 5.74) is 3.52. The lowest BCUT2D eigenvalue weighted by Gasteiger charge is -2.06. The van der Waals surface area contributed by atoms with Crippen LogP contribution in [0.4, 0.5) is 5.82 Å². The fourth-order valence-electron chi connectivity index (χ4n) is 2.73. The van der Waals surface area contributed by atoms with Crippen LogP contribution in [0.5, 0.6) is 5.75 Å². The van der Waals surface area contributed by atoms with Gasteiger partial charge in [0.25, 0.3) is 0 Å². The number of rotatable bonds is 3. The second-order valence-electron chi connectivity index (χ2n) is 5.47. The predicted molar refractivity (Wildman–Crippen MR) is 101 cm³/mol. The Kier molecular flexibility index (Phi) is 3.91. The van der Waals surface area contributed by atoms with Crippen LogP contribution < -0.4 is 5.43 Å². The Labute approximate surface area is 148 Å². The van der Waals surface area contributed by atoms with Gasteiger partial charge >= 0.3 is 0 Å². The Morgan fingerprint density at radius 3 is 2.44 bits per heavy atom. The van der Waals surface area contributed by atoms with E-state index in [-0.39, 0.29) is 5.75 Å². The summed E-state index contributed by atoms with van der Waals surface area (Å²) in [7, 11) is 0. The van der Waals surface area contributed by atoms with Gasteiger partial charge in [-0.2, -0.15) is 5.10 Å². The Bertz CT molecular complexity index is 1110. The van der Waals surface area contributed by atoms with Crippen molar-refractivity contribution < 1.29 is 5.11 Å². The third-order valence-corrected chi connectivity index (χ3v) is 4.23. The Balaban J connectivity index is 1.71. The zero-order valence-electron chi connectivity index (χ0n) is 13.0. The van der Waals surface area contributed by atoms with E-state index < -0.39 is 0 Å². The zero-order chi connectivity index (χ0) is 17.2. The molecule has 0 amide bonds. The number of phenolic OH excluding ortho intramolecular Hbond substituents is 1. The summed E-state index contributed by atoms with van der Waals surface area (Å²) in [4.78, 5) is 0. The van der Waals surface area contributed by atoms with Gasteiger partial charge in [0.05, 0.1) is 6.21 Å². The van der Waals surface area contributed by atoms with Crippen LogP contribution in [0.2, 0.25) is 5.15 Å². The lowest BCUT2D eigenvalue weighted by Crippen LogP contribution is -1.98. The van der Waals surface area contributed by atoms with E-state index in [1.165, 1.54) is 0 Å². The minimum Gasteiger partial charge on any atom is -0.507 e. The van der Waals surface area contributed by atoms with Crippen molar-refractivity contribution in [3.63, 3.8) is 0 Å². The van der Waals surface area contributed by atoms with E-state index in [9.17, 15) is 5.11 Å². The van der Waals surface area contributed by atoms with Gasteiger partial charge in [0, 0.05) is 16.3 Å². The fourth-order valence-corrected chi connectivity index (χ4v) is 2.93. The maximum Gasteiger partial charge on any atom is 0.176 e. The minimum atomic E-state index is 0.163. The standard InChI is InChI=1S/C19H13ClN4O/c20-18-14-7-3-4-8-15(14)19(24-22-18)23-21-11-16-13-6-2-1-5-12(13)9-10-17(16)25/h1-11,25H,(H,23,24)/b21-11-. The highest BCUT2D eigenvalue weighted by Gasteiger charge is 2.07. The van der Waals surface area contributed by atoms with Crippen molar-refractivity contribution in [1.29, 1.82) is 0 Å². The van der Waals surface area contributed by atoms with Gasteiger partial charge in [-0.1, -0.05) is 66.2 Å². The van der Waals surface area contributed by atoms with Gasteiger partial charge in [-0.25, -0.2) is 0 Å². The summed E-state index contributed by atoms with van der Waals surface area (Å²) < 4.78 is 0. The molecule has 6 heteroatoms. The third-order valence-electron chi connectivity index (χ3n) is 3.95. The molecule has 3 aromatic carbocycles. The molecule has 0 fully saturated rings. The first kappa shape index (κ1) is 15.4. The molecule has 0 aliphatic rings. The molecule has 0 spiro atoms. The van der Waals surface area contributed by atoms with Gasteiger partial charge in [-0.15, -0.1) is 10.2 Å². The second kappa shape index (κ2) is 6.37. The molecule has 0 aliphatic heterocycles. The molecule has 0 bridgehead atoms. The highest BCUT2D eigenvalue weighted by molar-refractivity contribution is 6.34. The molecule has 0 atom stereocenters. The van der Waals surface area contributed by atoms with Gasteiger partial charge in [-0.3, -0.25) is 5.43 Å². The molecule has 25 heavy (non-hydrogen) atoms. The number of benzene rings is 3. The molecule has 122 valence electrons. The van der Waals surface area contributed by atoms with Gasteiger partial charge in [0.1, 0.15) is 5.75 Å². The molecular weight excluding hydrogens is 336 g/mol. The molecule has 0 unspecified atom stereocenters. The molecule has 4 aromatic rings. The quantitative estimate of drug-likeness (QED) is 0.419. The van der Waals surface area contributed by atoms with Gasteiger partial charge < -0.3 is 5.11 Å². The number of aromatic nitrogens is 2. The summed E-state index contributed by atoms with van der Waals surface area (Å²) in [5.74, 6) is 0.660. The number of anilines is 1. The van der Waals surface area contributed by atoms with Crippen LogP contribution in [0, 0.1) is 0 Å². The summed E-state index contributed by atoms with van der Waals surface area (Å²) in [6.07, 6.45) is 1.57. The average molecular weight is 349 g/mol. The first-order chi connectivity index (χ1) is 12.2. The Morgan fingerprint density at radius 1 is 0.880 bits per heavy atom. The van der Waals surface area contributed by atoms with Crippen molar-refractivity contribution in [3.8, 4) is 5.75 Å². The molecule has 5 nitrogen and oxygen atoms in total. The highest BCUT2D eigenvalue weighted by atomic mass is 35.5. The van der Waals surface area contributed by atoms with Crippen molar-refractivity contribution in [1.82, 2.24) is 10.2 Å². The van der Waals surface area contributed by atoms with Crippen LogP contribution in [0.1, 0.15) is 5.56 Å². The lowest BCUT2D eigenvalue weighted by atomic mass is 10.0. The smallest absolute Gasteiger partial charge is 0.176 e. The third kappa shape index (κ3) is 2.86. The number of aromatic hydroxyl groups is 1. The van der Waals surface area contributed by atoms with Crippen molar-refractivity contribution >= 4 is 45.2 Å². The summed E-state index contributed by atoms with van der Waals surface area (Å²) in [6.45, 7) is 0. The SMILES string of the molecule is Oc1ccc2ccccc2c1/C=N\Nc1nnc(Cl)c2ccccc12. The zero-order valence-corrected chi connectivity index (χ0v) is 13.8. The summed E-state index contributed by atoms with van der Waals surface area (Å²) in [6, 6.07) is 18.9. The van der Waals surface area contributed by atoms with E-state index >= 15 is 0 Å². The number of hydrogen-bond acceptors (Lipinski definition) is 5. The van der Waals surface area contributed by atoms with Gasteiger partial charge in [0.15, 0.2) is 11.0 Å². The van der Waals surface area contributed by atoms with Gasteiger partial charge in [0.2, 0.25) is 0 Å². The maximum atomic E-state index is 10.1. The van der Waals surface area contributed by atoms with Crippen LogP contribution in [0.25, 0.3) is 21.5 Å². The monoisotopic (exact) mass is 348 g/mol. The van der Waals surface area contributed by atoms with Crippen LogP contribution >= 0.6 is 11.6 Å². The normalized spacial score (nSPS) is 11.4. The van der Waals surface area contributed by atoms with E-state index in [1.807, 2.05) is 54.6 Å². The van der Waals surface area contributed by atoms with Crippen molar-refractivity contribution in [3.05, 3.63) is 71.4 Å². The molecule has 0 saturated carbocycles. The number of hydrogen-bond donors (Lipinski definition) is 2. The number of fused-ring (bicyclic) bond motifs is 2. The van der Waals surface area contributed by atoms with E-state index in [4.69, 9.17) is 11.6 Å². The lowest BCUT2D eigenvalue weighted by molar-refractivity contribution is 0.475. The molecule has 0 aliphatic carbocycles. The Morgan fingerprint density at radius 2 is 1.60 bits per heavy atom. The average Bonchev–Trinajstić information content (AvgIpc) is 2.65. The minimum absolute atomic E-state index is 0.163. The molecule has 2 N–H and O–H groups in total. The topological polar surface area (TPSA) is 70.4 Å². The number of nitrogens with one attached hydrogen (secondary N) is 1. The van der Waals surface area contributed by atoms with Crippen LogP contribution in [0.15, 0.2) is 65.8 Å². The Hall–Kier alpha value is -3.18. The largest absolute Gasteiger partial charge is 0.507 e. The summed E-state index contributed by atoms with van der Waals surface area (Å²) >= 11 is 6.07.